The largest absolute Gasteiger partial charge is 0.371 e. The molecule has 0 aromatic carbocycles. The summed E-state index contributed by atoms with van der Waals surface area (Å²) in [5.74, 6) is 1.22. The molecule has 1 aliphatic heterocycles. The van der Waals surface area contributed by atoms with Crippen LogP contribution in [0.25, 0.3) is 0 Å². The summed E-state index contributed by atoms with van der Waals surface area (Å²) >= 11 is 2.29. The Bertz CT molecular complexity index is 207. The van der Waals surface area contributed by atoms with Crippen LogP contribution in [0.15, 0.2) is 6.07 Å². The van der Waals surface area contributed by atoms with Crippen LogP contribution in [0, 0.1) is 3.70 Å². The zero-order valence-electron chi connectivity index (χ0n) is 4.87. The third kappa shape index (κ3) is 0.831. The monoisotopic (exact) mass is 234 g/mol. The van der Waals surface area contributed by atoms with Gasteiger partial charge in [0.2, 0.25) is 0 Å². The van der Waals surface area contributed by atoms with Gasteiger partial charge in [-0.2, -0.15) is 0 Å². The van der Waals surface area contributed by atoms with Crippen LogP contribution in [0.4, 0.5) is 5.82 Å². The highest BCUT2D eigenvalue weighted by atomic mass is 127. The van der Waals surface area contributed by atoms with E-state index in [2.05, 4.69) is 39.0 Å². The van der Waals surface area contributed by atoms with E-state index < -0.39 is 0 Å². The zero-order valence-corrected chi connectivity index (χ0v) is 7.03. The van der Waals surface area contributed by atoms with E-state index in [0.29, 0.717) is 0 Å². The second-order valence-electron chi connectivity index (χ2n) is 2.19. The summed E-state index contributed by atoms with van der Waals surface area (Å²) in [4.78, 5) is 3.23. The van der Waals surface area contributed by atoms with E-state index in [9.17, 15) is 0 Å². The Morgan fingerprint density at radius 1 is 1.56 bits per heavy atom. The molecule has 0 amide bonds. The molecule has 9 heavy (non-hydrogen) atoms. The number of H-pyrrole nitrogens is 1. The van der Waals surface area contributed by atoms with Gasteiger partial charge >= 0.3 is 0 Å². The van der Waals surface area contributed by atoms with E-state index in [-0.39, 0.29) is 0 Å². The smallest absolute Gasteiger partial charge is 0.107 e. The van der Waals surface area contributed by atoms with E-state index in [4.69, 9.17) is 0 Å². The molecule has 2 nitrogen and oxygen atoms in total. The van der Waals surface area contributed by atoms with Crippen LogP contribution in [0.2, 0.25) is 0 Å². The van der Waals surface area contributed by atoms with Gasteiger partial charge in [0, 0.05) is 6.54 Å². The number of rotatable bonds is 0. The lowest BCUT2D eigenvalue weighted by Gasteiger charge is -1.89. The molecular weight excluding hydrogens is 227 g/mol. The molecule has 1 aliphatic rings. The molecule has 0 radical (unpaired) electrons. The van der Waals surface area contributed by atoms with Gasteiger partial charge in [-0.1, -0.05) is 0 Å². The van der Waals surface area contributed by atoms with Gasteiger partial charge < -0.3 is 10.3 Å². The van der Waals surface area contributed by atoms with Crippen molar-refractivity contribution in [1.82, 2.24) is 4.98 Å². The van der Waals surface area contributed by atoms with E-state index in [1.807, 2.05) is 0 Å². The first-order valence-electron chi connectivity index (χ1n) is 2.97. The average molecular weight is 234 g/mol. The van der Waals surface area contributed by atoms with Gasteiger partial charge in [0.15, 0.2) is 0 Å². The number of halogens is 1. The summed E-state index contributed by atoms with van der Waals surface area (Å²) in [7, 11) is 0. The molecule has 0 saturated heterocycles. The number of hydrogen-bond donors (Lipinski definition) is 2. The number of anilines is 1. The van der Waals surface area contributed by atoms with Crippen molar-refractivity contribution >= 4 is 28.4 Å². The number of aromatic amines is 1. The molecule has 3 heteroatoms. The van der Waals surface area contributed by atoms with Gasteiger partial charge in [0.05, 0.1) is 3.70 Å². The van der Waals surface area contributed by atoms with Gasteiger partial charge in [-0.25, -0.2) is 0 Å². The third-order valence-electron chi connectivity index (χ3n) is 1.56. The van der Waals surface area contributed by atoms with E-state index in [0.717, 1.165) is 6.54 Å². The molecule has 0 atom stereocenters. The lowest BCUT2D eigenvalue weighted by Crippen LogP contribution is -1.93. The van der Waals surface area contributed by atoms with Crippen molar-refractivity contribution in [2.45, 2.75) is 6.42 Å². The Hall–Kier alpha value is -0.190. The highest BCUT2D eigenvalue weighted by Crippen LogP contribution is 2.22. The molecule has 0 spiro atoms. The quantitative estimate of drug-likeness (QED) is 0.655. The van der Waals surface area contributed by atoms with Crippen molar-refractivity contribution in [2.24, 2.45) is 0 Å². The van der Waals surface area contributed by atoms with Crippen molar-refractivity contribution < 1.29 is 0 Å². The van der Waals surface area contributed by atoms with Crippen molar-refractivity contribution in [1.29, 1.82) is 0 Å². The minimum atomic E-state index is 1.10. The molecule has 0 saturated carbocycles. The average Bonchev–Trinajstić information content (AvgIpc) is 2.22. The normalized spacial score (nSPS) is 15.2. The predicted octanol–water partition coefficient (Wildman–Crippen LogP) is 1.59. The third-order valence-corrected chi connectivity index (χ3v) is 2.14. The minimum Gasteiger partial charge on any atom is -0.371 e. The van der Waals surface area contributed by atoms with Crippen LogP contribution < -0.4 is 5.32 Å². The summed E-state index contributed by atoms with van der Waals surface area (Å²) in [6, 6.07) is 2.19. The highest BCUT2D eigenvalue weighted by Gasteiger charge is 2.11. The molecule has 2 heterocycles. The molecule has 0 unspecified atom stereocenters. The zero-order chi connectivity index (χ0) is 6.27. The number of hydrogen-bond acceptors (Lipinski definition) is 1. The Kier molecular flexibility index (Phi) is 1.18. The maximum Gasteiger partial charge on any atom is 0.107 e. The number of fused-ring (bicyclic) bond motifs is 1. The Morgan fingerprint density at radius 3 is 3.22 bits per heavy atom. The van der Waals surface area contributed by atoms with Crippen LogP contribution >= 0.6 is 22.6 Å². The fourth-order valence-corrected chi connectivity index (χ4v) is 1.78. The SMILES string of the molecule is Ic1cc2c([nH]1)NCC2. The first-order valence-corrected chi connectivity index (χ1v) is 4.05. The second kappa shape index (κ2) is 1.90. The minimum absolute atomic E-state index is 1.10. The Morgan fingerprint density at radius 2 is 2.44 bits per heavy atom. The Balaban J connectivity index is 2.51. The summed E-state index contributed by atoms with van der Waals surface area (Å²) in [5.41, 5.74) is 1.43. The lowest BCUT2D eigenvalue weighted by molar-refractivity contribution is 1.10. The first kappa shape index (κ1) is 5.58. The predicted molar refractivity (Wildman–Crippen MR) is 45.7 cm³/mol. The topological polar surface area (TPSA) is 27.8 Å². The van der Waals surface area contributed by atoms with Crippen LogP contribution in [0.3, 0.4) is 0 Å². The van der Waals surface area contributed by atoms with E-state index in [1.165, 1.54) is 21.5 Å². The molecule has 2 N–H and O–H groups in total. The molecular formula is C6H7IN2. The molecule has 48 valence electrons. The summed E-state index contributed by atoms with van der Waals surface area (Å²) in [5, 5.41) is 3.26. The fourth-order valence-electron chi connectivity index (χ4n) is 1.14. The first-order chi connectivity index (χ1) is 4.36. The number of nitrogens with one attached hydrogen (secondary N) is 2. The van der Waals surface area contributed by atoms with Crippen LogP contribution in [-0.2, 0) is 6.42 Å². The Labute approximate surface area is 67.2 Å². The van der Waals surface area contributed by atoms with Crippen LogP contribution in [0.5, 0.6) is 0 Å². The van der Waals surface area contributed by atoms with Gasteiger partial charge in [-0.15, -0.1) is 0 Å². The lowest BCUT2D eigenvalue weighted by atomic mass is 10.3. The van der Waals surface area contributed by atoms with E-state index >= 15 is 0 Å². The molecule has 1 aromatic heterocycles. The highest BCUT2D eigenvalue weighted by molar-refractivity contribution is 14.1. The maximum atomic E-state index is 3.26. The molecule has 1 aromatic rings. The van der Waals surface area contributed by atoms with Gasteiger partial charge in [-0.05, 0) is 40.6 Å². The summed E-state index contributed by atoms with van der Waals surface area (Å²) in [6.07, 6.45) is 1.18. The van der Waals surface area contributed by atoms with Crippen LogP contribution in [-0.4, -0.2) is 11.5 Å². The number of aromatic nitrogens is 1. The fraction of sp³-hybridized carbons (Fsp3) is 0.333. The standard InChI is InChI=1S/C6H7IN2/c7-5-3-4-1-2-8-6(4)9-5/h3,8-9H,1-2H2. The van der Waals surface area contributed by atoms with Crippen molar-refractivity contribution in [3.05, 3.63) is 15.3 Å². The van der Waals surface area contributed by atoms with E-state index in [1.54, 1.807) is 0 Å². The summed E-state index contributed by atoms with van der Waals surface area (Å²) < 4.78 is 1.23. The molecule has 2 rings (SSSR count). The van der Waals surface area contributed by atoms with Crippen LogP contribution in [0.1, 0.15) is 5.56 Å². The van der Waals surface area contributed by atoms with Gasteiger partial charge in [0.25, 0.3) is 0 Å². The van der Waals surface area contributed by atoms with Crippen molar-refractivity contribution in [3.8, 4) is 0 Å². The van der Waals surface area contributed by atoms with Gasteiger partial charge in [-0.3, -0.25) is 0 Å². The molecule has 0 aliphatic carbocycles. The molecule has 0 fully saturated rings. The van der Waals surface area contributed by atoms with Crippen molar-refractivity contribution in [3.63, 3.8) is 0 Å². The second-order valence-corrected chi connectivity index (χ2v) is 3.36. The van der Waals surface area contributed by atoms with Crippen molar-refractivity contribution in [2.75, 3.05) is 11.9 Å². The van der Waals surface area contributed by atoms with Gasteiger partial charge in [0.1, 0.15) is 5.82 Å². The molecule has 0 bridgehead atoms. The summed E-state index contributed by atoms with van der Waals surface area (Å²) in [6.45, 7) is 1.10. The maximum absolute atomic E-state index is 3.26.